The molecule has 5 heteroatoms. The third kappa shape index (κ3) is 7.30. The van der Waals surface area contributed by atoms with Crippen molar-refractivity contribution in [2.24, 2.45) is 11.1 Å². The van der Waals surface area contributed by atoms with Gasteiger partial charge in [-0.3, -0.25) is 9.59 Å². The first kappa shape index (κ1) is 27.2. The van der Waals surface area contributed by atoms with Gasteiger partial charge in [0.25, 0.3) is 0 Å². The van der Waals surface area contributed by atoms with Crippen LogP contribution in [0.3, 0.4) is 0 Å². The number of methoxy groups -OCH3 is 1. The van der Waals surface area contributed by atoms with E-state index < -0.39 is 11.5 Å². The highest BCUT2D eigenvalue weighted by Crippen LogP contribution is 2.38. The molecule has 2 aromatic carbocycles. The molecule has 1 unspecified atom stereocenters. The van der Waals surface area contributed by atoms with Crippen molar-refractivity contribution in [3.8, 4) is 0 Å². The van der Waals surface area contributed by atoms with Crippen molar-refractivity contribution in [3.63, 3.8) is 0 Å². The van der Waals surface area contributed by atoms with Gasteiger partial charge < -0.3 is 15.4 Å². The fourth-order valence-corrected chi connectivity index (χ4v) is 5.49. The van der Waals surface area contributed by atoms with Crippen molar-refractivity contribution >= 4 is 22.6 Å². The summed E-state index contributed by atoms with van der Waals surface area (Å²) in [6.07, 6.45) is 12.4. The average molecular weight is 481 g/mol. The first-order valence-electron chi connectivity index (χ1n) is 13.6. The smallest absolute Gasteiger partial charge is 0.312 e. The normalized spacial score (nSPS) is 16.3. The molecule has 0 aromatic heterocycles. The summed E-state index contributed by atoms with van der Waals surface area (Å²) < 4.78 is 5.26. The van der Waals surface area contributed by atoms with Crippen LogP contribution < -0.4 is 5.73 Å². The number of amides is 1. The Morgan fingerprint density at radius 2 is 1.57 bits per heavy atom. The second-order valence-electron chi connectivity index (χ2n) is 10.3. The van der Waals surface area contributed by atoms with Crippen molar-refractivity contribution in [2.75, 3.05) is 20.2 Å². The number of rotatable bonds is 13. The Hall–Kier alpha value is -2.40. The lowest BCUT2D eigenvalue weighted by atomic mass is 9.73. The minimum atomic E-state index is -0.614. The first-order valence-corrected chi connectivity index (χ1v) is 13.6. The topological polar surface area (TPSA) is 72.6 Å². The SMILES string of the molecule is CCCCCCCCCCC(N)C(=O)N1CCC(Cc2cccc3ccccc23)(C(=O)OC)CC1. The van der Waals surface area contributed by atoms with E-state index in [4.69, 9.17) is 10.5 Å². The number of carbonyl (C=O) groups is 2. The second-order valence-corrected chi connectivity index (χ2v) is 10.3. The van der Waals surface area contributed by atoms with E-state index in [9.17, 15) is 9.59 Å². The van der Waals surface area contributed by atoms with Gasteiger partial charge in [0.05, 0.1) is 18.6 Å². The summed E-state index contributed by atoms with van der Waals surface area (Å²) in [7, 11) is 1.46. The molecule has 2 aromatic rings. The summed E-state index contributed by atoms with van der Waals surface area (Å²) in [6, 6.07) is 14.1. The molecule has 0 spiro atoms. The molecule has 2 N–H and O–H groups in total. The number of carbonyl (C=O) groups excluding carboxylic acids is 2. The first-order chi connectivity index (χ1) is 17.0. The number of hydrogen-bond donors (Lipinski definition) is 1. The summed E-state index contributed by atoms with van der Waals surface area (Å²) in [4.78, 5) is 27.8. The summed E-state index contributed by atoms with van der Waals surface area (Å²) >= 11 is 0. The highest BCUT2D eigenvalue weighted by molar-refractivity contribution is 5.87. The average Bonchev–Trinajstić information content (AvgIpc) is 2.89. The highest BCUT2D eigenvalue weighted by atomic mass is 16.5. The van der Waals surface area contributed by atoms with Gasteiger partial charge in [-0.15, -0.1) is 0 Å². The van der Waals surface area contributed by atoms with Gasteiger partial charge in [-0.1, -0.05) is 101 Å². The Bertz CT molecular complexity index is 944. The van der Waals surface area contributed by atoms with Crippen molar-refractivity contribution in [1.29, 1.82) is 0 Å². The van der Waals surface area contributed by atoms with Gasteiger partial charge >= 0.3 is 5.97 Å². The van der Waals surface area contributed by atoms with Crippen LogP contribution in [0.15, 0.2) is 42.5 Å². The van der Waals surface area contributed by atoms with E-state index in [0.29, 0.717) is 32.4 Å². The molecule has 0 saturated carbocycles. The summed E-state index contributed by atoms with van der Waals surface area (Å²) in [5, 5.41) is 2.34. The number of likely N-dealkylation sites (tertiary alicyclic amines) is 1. The number of esters is 1. The molecule has 1 aliphatic heterocycles. The van der Waals surface area contributed by atoms with E-state index in [1.807, 2.05) is 23.1 Å². The molecule has 1 aliphatic rings. The Morgan fingerprint density at radius 3 is 2.26 bits per heavy atom. The quantitative estimate of drug-likeness (QED) is 0.281. The Kier molecular flexibility index (Phi) is 10.6. The molecule has 1 amide bonds. The monoisotopic (exact) mass is 480 g/mol. The molecule has 5 nitrogen and oxygen atoms in total. The highest BCUT2D eigenvalue weighted by Gasteiger charge is 2.44. The van der Waals surface area contributed by atoms with Crippen LogP contribution in [0.1, 0.15) is 83.1 Å². The fraction of sp³-hybridized carbons (Fsp3) is 0.600. The van der Waals surface area contributed by atoms with Crippen molar-refractivity contribution in [2.45, 2.75) is 90.0 Å². The fourth-order valence-electron chi connectivity index (χ4n) is 5.49. The van der Waals surface area contributed by atoms with Crippen LogP contribution in [0.25, 0.3) is 10.8 Å². The number of nitrogens with two attached hydrogens (primary N) is 1. The zero-order valence-corrected chi connectivity index (χ0v) is 21.8. The molecule has 192 valence electrons. The molecule has 1 saturated heterocycles. The minimum absolute atomic E-state index is 0.0246. The molecular formula is C30H44N2O3. The maximum Gasteiger partial charge on any atom is 0.312 e. The number of nitrogens with zero attached hydrogens (tertiary/aromatic N) is 1. The molecule has 0 radical (unpaired) electrons. The van der Waals surface area contributed by atoms with E-state index >= 15 is 0 Å². The van der Waals surface area contributed by atoms with Crippen LogP contribution in [0.5, 0.6) is 0 Å². The number of piperidine rings is 1. The molecule has 0 bridgehead atoms. The zero-order valence-electron chi connectivity index (χ0n) is 21.8. The molecule has 1 fully saturated rings. The van der Waals surface area contributed by atoms with E-state index in [-0.39, 0.29) is 11.9 Å². The third-order valence-corrected chi connectivity index (χ3v) is 7.75. The molecule has 3 rings (SSSR count). The largest absolute Gasteiger partial charge is 0.469 e. The third-order valence-electron chi connectivity index (χ3n) is 7.75. The van der Waals surface area contributed by atoms with Gasteiger partial charge in [0.1, 0.15) is 0 Å². The summed E-state index contributed by atoms with van der Waals surface area (Å²) in [5.41, 5.74) is 6.82. The summed E-state index contributed by atoms with van der Waals surface area (Å²) in [6.45, 7) is 3.33. The lowest BCUT2D eigenvalue weighted by Gasteiger charge is -2.40. The molecule has 35 heavy (non-hydrogen) atoms. The number of ether oxygens (including phenoxy) is 1. The lowest BCUT2D eigenvalue weighted by Crippen LogP contribution is -2.52. The Morgan fingerprint density at radius 1 is 0.943 bits per heavy atom. The predicted molar refractivity (Wildman–Crippen MR) is 143 cm³/mol. The number of unbranched alkanes of at least 4 members (excludes halogenated alkanes) is 7. The summed E-state index contributed by atoms with van der Waals surface area (Å²) in [5.74, 6) is -0.155. The Labute approximate surface area is 211 Å². The van der Waals surface area contributed by atoms with Gasteiger partial charge in [0.15, 0.2) is 0 Å². The van der Waals surface area contributed by atoms with Crippen molar-refractivity contribution < 1.29 is 14.3 Å². The molecule has 1 atom stereocenters. The van der Waals surface area contributed by atoms with E-state index in [1.54, 1.807) is 0 Å². The van der Waals surface area contributed by atoms with Crippen LogP contribution in [0.2, 0.25) is 0 Å². The van der Waals surface area contributed by atoms with E-state index in [1.165, 1.54) is 56.4 Å². The maximum atomic E-state index is 13.0. The Balaban J connectivity index is 1.53. The predicted octanol–water partition coefficient (Wildman–Crippen LogP) is 6.02. The van der Waals surface area contributed by atoms with Crippen LogP contribution in [-0.4, -0.2) is 43.0 Å². The van der Waals surface area contributed by atoms with Crippen molar-refractivity contribution in [3.05, 3.63) is 48.0 Å². The lowest BCUT2D eigenvalue weighted by molar-refractivity contribution is -0.158. The van der Waals surface area contributed by atoms with Gasteiger partial charge in [-0.2, -0.15) is 0 Å². The van der Waals surface area contributed by atoms with Crippen LogP contribution in [0, 0.1) is 5.41 Å². The van der Waals surface area contributed by atoms with E-state index in [2.05, 4.69) is 31.2 Å². The zero-order chi connectivity index (χ0) is 25.1. The van der Waals surface area contributed by atoms with Crippen molar-refractivity contribution in [1.82, 2.24) is 4.90 Å². The molecule has 0 aliphatic carbocycles. The maximum absolute atomic E-state index is 13.0. The van der Waals surface area contributed by atoms with Gasteiger partial charge in [0.2, 0.25) is 5.91 Å². The van der Waals surface area contributed by atoms with E-state index in [0.717, 1.165) is 24.8 Å². The number of benzene rings is 2. The van der Waals surface area contributed by atoms with Gasteiger partial charge in [0, 0.05) is 13.1 Å². The second kappa shape index (κ2) is 13.6. The van der Waals surface area contributed by atoms with Crippen LogP contribution in [-0.2, 0) is 20.7 Å². The number of hydrogen-bond acceptors (Lipinski definition) is 4. The van der Waals surface area contributed by atoms with Crippen LogP contribution >= 0.6 is 0 Å². The molecular weight excluding hydrogens is 436 g/mol. The van der Waals surface area contributed by atoms with Crippen LogP contribution in [0.4, 0.5) is 0 Å². The number of fused-ring (bicyclic) bond motifs is 1. The van der Waals surface area contributed by atoms with Gasteiger partial charge in [-0.25, -0.2) is 0 Å². The standard InChI is InChI=1S/C30H44N2O3/c1-3-4-5-6-7-8-9-10-18-27(31)28(33)32-21-19-30(20-22-32,29(34)35-2)23-25-16-13-15-24-14-11-12-17-26(24)25/h11-17,27H,3-10,18-23,31H2,1-2H3. The minimum Gasteiger partial charge on any atom is -0.469 e. The van der Waals surface area contributed by atoms with Gasteiger partial charge in [-0.05, 0) is 42.0 Å². The molecule has 1 heterocycles.